The smallest absolute Gasteiger partial charge is 0.180 e. The summed E-state index contributed by atoms with van der Waals surface area (Å²) in [5.41, 5.74) is 8.20. The Labute approximate surface area is 115 Å². The van der Waals surface area contributed by atoms with Gasteiger partial charge < -0.3 is 5.73 Å². The maximum Gasteiger partial charge on any atom is 0.180 e. The van der Waals surface area contributed by atoms with Gasteiger partial charge in [-0.25, -0.2) is 4.98 Å². The van der Waals surface area contributed by atoms with E-state index in [1.165, 1.54) is 11.3 Å². The van der Waals surface area contributed by atoms with Crippen LogP contribution < -0.4 is 5.73 Å². The first-order chi connectivity index (χ1) is 8.52. The van der Waals surface area contributed by atoms with Gasteiger partial charge in [0.05, 0.1) is 17.3 Å². The van der Waals surface area contributed by atoms with Crippen LogP contribution in [0.5, 0.6) is 0 Å². The van der Waals surface area contributed by atoms with Crippen molar-refractivity contribution in [3.63, 3.8) is 0 Å². The number of benzene rings is 1. The van der Waals surface area contributed by atoms with Gasteiger partial charge in [-0.05, 0) is 24.6 Å². The van der Waals surface area contributed by atoms with Crippen LogP contribution >= 0.6 is 22.9 Å². The molecule has 0 aliphatic rings. The van der Waals surface area contributed by atoms with E-state index in [2.05, 4.69) is 18.0 Å². The van der Waals surface area contributed by atoms with E-state index in [-0.39, 0.29) is 5.92 Å². The number of aromatic nitrogens is 1. The van der Waals surface area contributed by atoms with Gasteiger partial charge in [0.1, 0.15) is 0 Å². The largest absolute Gasteiger partial charge is 0.375 e. The van der Waals surface area contributed by atoms with E-state index in [0.29, 0.717) is 15.7 Å². The first kappa shape index (κ1) is 12.9. The predicted molar refractivity (Wildman–Crippen MR) is 74.9 cm³/mol. The SMILES string of the molecule is Cc1nc(N)sc1C(C)c1ccc(C#N)cc1Cl. The molecular formula is C13H12ClN3S. The highest BCUT2D eigenvalue weighted by Crippen LogP contribution is 2.36. The minimum Gasteiger partial charge on any atom is -0.375 e. The molecule has 0 radical (unpaired) electrons. The standard InChI is InChI=1S/C13H12ClN3S/c1-7(12-8(2)17-13(16)18-12)10-4-3-9(6-15)5-11(10)14/h3-5,7H,1-2H3,(H2,16,17). The Morgan fingerprint density at radius 2 is 2.22 bits per heavy atom. The van der Waals surface area contributed by atoms with Crippen LogP contribution in [0.1, 0.15) is 34.5 Å². The average molecular weight is 278 g/mol. The maximum atomic E-state index is 8.82. The number of aryl methyl sites for hydroxylation is 1. The third-order valence-corrected chi connectivity index (χ3v) is 4.33. The van der Waals surface area contributed by atoms with Gasteiger partial charge in [-0.2, -0.15) is 5.26 Å². The van der Waals surface area contributed by atoms with E-state index in [1.54, 1.807) is 12.1 Å². The topological polar surface area (TPSA) is 62.7 Å². The Balaban J connectivity index is 2.43. The van der Waals surface area contributed by atoms with Crippen molar-refractivity contribution in [3.05, 3.63) is 44.9 Å². The predicted octanol–water partition coefficient (Wildman–Crippen LogP) is 3.71. The quantitative estimate of drug-likeness (QED) is 0.910. The fourth-order valence-corrected chi connectivity index (χ4v) is 3.17. The number of thiazole rings is 1. The highest BCUT2D eigenvalue weighted by molar-refractivity contribution is 7.15. The molecule has 2 rings (SSSR count). The number of anilines is 1. The number of hydrogen-bond donors (Lipinski definition) is 1. The molecule has 92 valence electrons. The molecule has 0 bridgehead atoms. The van der Waals surface area contributed by atoms with Gasteiger partial charge >= 0.3 is 0 Å². The molecule has 2 aromatic rings. The number of nitrogens with zero attached hydrogens (tertiary/aromatic N) is 2. The molecule has 1 heterocycles. The summed E-state index contributed by atoms with van der Waals surface area (Å²) in [6.45, 7) is 4.00. The summed E-state index contributed by atoms with van der Waals surface area (Å²) in [6, 6.07) is 7.43. The van der Waals surface area contributed by atoms with Crippen LogP contribution in [0, 0.1) is 18.3 Å². The lowest BCUT2D eigenvalue weighted by Gasteiger charge is -2.12. The minimum absolute atomic E-state index is 0.125. The zero-order valence-corrected chi connectivity index (χ0v) is 11.6. The highest BCUT2D eigenvalue weighted by atomic mass is 35.5. The monoisotopic (exact) mass is 277 g/mol. The molecule has 0 spiro atoms. The van der Waals surface area contributed by atoms with Crippen LogP contribution in [0.2, 0.25) is 5.02 Å². The third kappa shape index (κ3) is 2.33. The van der Waals surface area contributed by atoms with Crippen LogP contribution in [0.15, 0.2) is 18.2 Å². The zero-order valence-electron chi connectivity index (χ0n) is 10.1. The molecule has 1 unspecified atom stereocenters. The second-order valence-electron chi connectivity index (χ2n) is 4.07. The van der Waals surface area contributed by atoms with Crippen molar-refractivity contribution in [2.75, 3.05) is 5.73 Å². The number of rotatable bonds is 2. The molecule has 3 nitrogen and oxygen atoms in total. The molecule has 18 heavy (non-hydrogen) atoms. The van der Waals surface area contributed by atoms with Crippen molar-refractivity contribution in [2.24, 2.45) is 0 Å². The molecule has 1 aromatic heterocycles. The second-order valence-corrected chi connectivity index (χ2v) is 5.54. The van der Waals surface area contributed by atoms with Crippen molar-refractivity contribution in [3.8, 4) is 6.07 Å². The summed E-state index contributed by atoms with van der Waals surface area (Å²) in [6.07, 6.45) is 0. The van der Waals surface area contributed by atoms with Crippen molar-refractivity contribution in [2.45, 2.75) is 19.8 Å². The summed E-state index contributed by atoms with van der Waals surface area (Å²) in [5.74, 6) is 0.125. The van der Waals surface area contributed by atoms with Crippen LogP contribution in [0.4, 0.5) is 5.13 Å². The van der Waals surface area contributed by atoms with Gasteiger partial charge in [0.15, 0.2) is 5.13 Å². The lowest BCUT2D eigenvalue weighted by atomic mass is 9.97. The molecule has 0 fully saturated rings. The highest BCUT2D eigenvalue weighted by Gasteiger charge is 2.17. The van der Waals surface area contributed by atoms with Crippen LogP contribution in [-0.2, 0) is 0 Å². The second kappa shape index (κ2) is 4.97. The van der Waals surface area contributed by atoms with Gasteiger partial charge in [-0.3, -0.25) is 0 Å². The van der Waals surface area contributed by atoms with Crippen LogP contribution in [-0.4, -0.2) is 4.98 Å². The van der Waals surface area contributed by atoms with Crippen LogP contribution in [0.25, 0.3) is 0 Å². The molecule has 0 aliphatic heterocycles. The normalized spacial score (nSPS) is 12.1. The molecule has 1 atom stereocenters. The Morgan fingerprint density at radius 3 is 2.72 bits per heavy atom. The molecule has 2 N–H and O–H groups in total. The van der Waals surface area contributed by atoms with Crippen molar-refractivity contribution < 1.29 is 0 Å². The number of nitrogens with two attached hydrogens (primary N) is 1. The first-order valence-electron chi connectivity index (χ1n) is 5.45. The Bertz CT molecular complexity index is 628. The molecule has 5 heteroatoms. The van der Waals surface area contributed by atoms with E-state index >= 15 is 0 Å². The third-order valence-electron chi connectivity index (χ3n) is 2.84. The fraction of sp³-hybridized carbons (Fsp3) is 0.231. The van der Waals surface area contributed by atoms with Gasteiger partial charge in [-0.1, -0.05) is 24.6 Å². The molecular weight excluding hydrogens is 266 g/mol. The van der Waals surface area contributed by atoms with E-state index in [4.69, 9.17) is 22.6 Å². The summed E-state index contributed by atoms with van der Waals surface area (Å²) < 4.78 is 0. The Morgan fingerprint density at radius 1 is 1.50 bits per heavy atom. The van der Waals surface area contributed by atoms with Gasteiger partial charge in [-0.15, -0.1) is 11.3 Å². The summed E-state index contributed by atoms with van der Waals surface area (Å²) >= 11 is 7.69. The van der Waals surface area contributed by atoms with Crippen LogP contribution in [0.3, 0.4) is 0 Å². The van der Waals surface area contributed by atoms with Crippen molar-refractivity contribution in [1.82, 2.24) is 4.98 Å². The summed E-state index contributed by atoms with van der Waals surface area (Å²) in [4.78, 5) is 5.33. The molecule has 1 aromatic carbocycles. The number of nitriles is 1. The van der Waals surface area contributed by atoms with E-state index in [9.17, 15) is 0 Å². The fourth-order valence-electron chi connectivity index (χ4n) is 1.92. The summed E-state index contributed by atoms with van der Waals surface area (Å²) in [7, 11) is 0. The lowest BCUT2D eigenvalue weighted by Crippen LogP contribution is -1.97. The first-order valence-corrected chi connectivity index (χ1v) is 6.64. The van der Waals surface area contributed by atoms with Crippen molar-refractivity contribution >= 4 is 28.1 Å². The molecule has 0 aliphatic carbocycles. The molecule has 0 saturated carbocycles. The number of nitrogen functional groups attached to an aromatic ring is 1. The maximum absolute atomic E-state index is 8.82. The van der Waals surface area contributed by atoms with E-state index in [0.717, 1.165) is 16.1 Å². The van der Waals surface area contributed by atoms with Gasteiger partial charge in [0, 0.05) is 15.8 Å². The van der Waals surface area contributed by atoms with Gasteiger partial charge in [0.2, 0.25) is 0 Å². The van der Waals surface area contributed by atoms with E-state index in [1.807, 2.05) is 13.0 Å². The van der Waals surface area contributed by atoms with E-state index < -0.39 is 0 Å². The average Bonchev–Trinajstić information content (AvgIpc) is 2.67. The Hall–Kier alpha value is -1.57. The summed E-state index contributed by atoms with van der Waals surface area (Å²) in [5, 5.41) is 10.00. The van der Waals surface area contributed by atoms with Crippen molar-refractivity contribution in [1.29, 1.82) is 5.26 Å². The number of hydrogen-bond acceptors (Lipinski definition) is 4. The lowest BCUT2D eigenvalue weighted by molar-refractivity contribution is 0.927. The number of halogens is 1. The minimum atomic E-state index is 0.125. The van der Waals surface area contributed by atoms with Gasteiger partial charge in [0.25, 0.3) is 0 Å². The molecule has 0 amide bonds. The Kier molecular flexibility index (Phi) is 3.55. The molecule has 0 saturated heterocycles. The zero-order chi connectivity index (χ0) is 13.3.